The third-order valence-corrected chi connectivity index (χ3v) is 4.79. The van der Waals surface area contributed by atoms with Crippen LogP contribution in [0.3, 0.4) is 0 Å². The molecule has 0 atom stereocenters. The van der Waals surface area contributed by atoms with Crippen molar-refractivity contribution in [1.82, 2.24) is 10.3 Å². The molecule has 0 aliphatic rings. The molecule has 0 unspecified atom stereocenters. The number of hydrogen-bond acceptors (Lipinski definition) is 4. The van der Waals surface area contributed by atoms with E-state index >= 15 is 0 Å². The number of hydrogen-bond donors (Lipinski definition) is 3. The number of aliphatic imine (C=N–C) groups is 1. The minimum atomic E-state index is -4.51. The first-order chi connectivity index (χ1) is 15.7. The summed E-state index contributed by atoms with van der Waals surface area (Å²) in [5.74, 6) is -1.37. The number of nitrogens with zero attached hydrogens (tertiary/aromatic N) is 1. The second kappa shape index (κ2) is 8.83. The molecule has 1 amide bonds. The van der Waals surface area contributed by atoms with Crippen LogP contribution in [0.15, 0.2) is 80.9 Å². The van der Waals surface area contributed by atoms with Crippen LogP contribution >= 0.6 is 11.6 Å². The smallest absolute Gasteiger partial charge is 0.408 e. The molecule has 1 aromatic heterocycles. The van der Waals surface area contributed by atoms with Crippen LogP contribution in [-0.4, -0.2) is 16.9 Å². The maximum atomic E-state index is 12.8. The highest BCUT2D eigenvalue weighted by Crippen LogP contribution is 2.29. The van der Waals surface area contributed by atoms with Crippen molar-refractivity contribution < 1.29 is 22.4 Å². The van der Waals surface area contributed by atoms with Crippen molar-refractivity contribution >= 4 is 45.9 Å². The molecule has 4 rings (SSSR count). The molecule has 3 N–H and O–H groups in total. The van der Waals surface area contributed by atoms with Crippen molar-refractivity contribution in [2.75, 3.05) is 5.32 Å². The number of carbonyl (C=O) groups is 1. The van der Waals surface area contributed by atoms with E-state index in [4.69, 9.17) is 16.0 Å². The van der Waals surface area contributed by atoms with E-state index < -0.39 is 23.4 Å². The minimum absolute atomic E-state index is 0.0104. The van der Waals surface area contributed by atoms with Gasteiger partial charge in [-0.3, -0.25) is 15.1 Å². The fourth-order valence-corrected chi connectivity index (χ4v) is 3.08. The Bertz CT molecular complexity index is 1410. The highest BCUT2D eigenvalue weighted by molar-refractivity contribution is 6.33. The number of guanidine groups is 1. The first kappa shape index (κ1) is 22.2. The van der Waals surface area contributed by atoms with Gasteiger partial charge in [-0.2, -0.15) is 13.2 Å². The van der Waals surface area contributed by atoms with Gasteiger partial charge in [-0.05, 0) is 48.5 Å². The van der Waals surface area contributed by atoms with Crippen molar-refractivity contribution in [1.29, 1.82) is 0 Å². The van der Waals surface area contributed by atoms with Gasteiger partial charge in [0.15, 0.2) is 5.58 Å². The van der Waals surface area contributed by atoms with E-state index in [-0.39, 0.29) is 17.1 Å². The van der Waals surface area contributed by atoms with Crippen LogP contribution in [0.25, 0.3) is 11.1 Å². The predicted octanol–water partition coefficient (Wildman–Crippen LogP) is 5.32. The zero-order chi connectivity index (χ0) is 23.6. The Hall–Kier alpha value is -4.05. The van der Waals surface area contributed by atoms with Crippen LogP contribution in [0.5, 0.6) is 0 Å². The molecule has 0 saturated carbocycles. The number of nitrogens with one attached hydrogen (secondary N) is 3. The summed E-state index contributed by atoms with van der Waals surface area (Å²) in [6.07, 6.45) is -4.51. The molecule has 168 valence electrons. The molecule has 11 heteroatoms. The van der Waals surface area contributed by atoms with Crippen LogP contribution in [-0.2, 0) is 6.18 Å². The number of aromatic nitrogens is 1. The molecular formula is C22H14ClF3N4O3. The van der Waals surface area contributed by atoms with E-state index in [9.17, 15) is 22.8 Å². The lowest BCUT2D eigenvalue weighted by Crippen LogP contribution is -2.35. The molecule has 33 heavy (non-hydrogen) atoms. The van der Waals surface area contributed by atoms with E-state index in [1.165, 1.54) is 6.07 Å². The molecule has 0 fully saturated rings. The Morgan fingerprint density at radius 3 is 2.45 bits per heavy atom. The SMILES string of the molecule is O=C(NC(=Nc1ccccc1Cl)Nc1ccc2[nH]c(=O)oc2c1)c1ccc(C(F)(F)F)cc1. The normalized spacial score (nSPS) is 12.1. The summed E-state index contributed by atoms with van der Waals surface area (Å²) in [5, 5.41) is 5.74. The van der Waals surface area contributed by atoms with Gasteiger partial charge in [0.1, 0.15) is 0 Å². The maximum Gasteiger partial charge on any atom is 0.417 e. The molecule has 0 aliphatic carbocycles. The zero-order valence-electron chi connectivity index (χ0n) is 16.5. The average Bonchev–Trinajstić information content (AvgIpc) is 3.14. The minimum Gasteiger partial charge on any atom is -0.408 e. The number of carbonyl (C=O) groups excluding carboxylic acids is 1. The highest BCUT2D eigenvalue weighted by Gasteiger charge is 2.30. The number of aromatic amines is 1. The molecule has 0 spiro atoms. The average molecular weight is 475 g/mol. The van der Waals surface area contributed by atoms with Crippen LogP contribution < -0.4 is 16.4 Å². The van der Waals surface area contributed by atoms with E-state index in [0.29, 0.717) is 21.9 Å². The molecule has 4 aromatic rings. The number of oxazole rings is 1. The van der Waals surface area contributed by atoms with E-state index in [0.717, 1.165) is 24.3 Å². The summed E-state index contributed by atoms with van der Waals surface area (Å²) < 4.78 is 43.4. The van der Waals surface area contributed by atoms with Crippen LogP contribution in [0.4, 0.5) is 24.5 Å². The lowest BCUT2D eigenvalue weighted by atomic mass is 10.1. The lowest BCUT2D eigenvalue weighted by Gasteiger charge is -2.13. The Labute approximate surface area is 188 Å². The zero-order valence-corrected chi connectivity index (χ0v) is 17.3. The first-order valence-corrected chi connectivity index (χ1v) is 9.78. The van der Waals surface area contributed by atoms with Crippen LogP contribution in [0.2, 0.25) is 5.02 Å². The maximum absolute atomic E-state index is 12.8. The number of anilines is 1. The van der Waals surface area contributed by atoms with Gasteiger partial charge >= 0.3 is 11.9 Å². The molecule has 0 saturated heterocycles. The molecule has 0 bridgehead atoms. The summed E-state index contributed by atoms with van der Waals surface area (Å²) in [6, 6.07) is 15.1. The Morgan fingerprint density at radius 1 is 1.03 bits per heavy atom. The van der Waals surface area contributed by atoms with Gasteiger partial charge in [-0.1, -0.05) is 23.7 Å². The van der Waals surface area contributed by atoms with Gasteiger partial charge in [0.2, 0.25) is 5.96 Å². The summed E-state index contributed by atoms with van der Waals surface area (Å²) in [5.41, 5.74) is 0.625. The molecule has 3 aromatic carbocycles. The molecular weight excluding hydrogens is 461 g/mol. The molecule has 0 aliphatic heterocycles. The van der Waals surface area contributed by atoms with E-state index in [1.54, 1.807) is 36.4 Å². The van der Waals surface area contributed by atoms with Crippen LogP contribution in [0.1, 0.15) is 15.9 Å². The lowest BCUT2D eigenvalue weighted by molar-refractivity contribution is -0.137. The first-order valence-electron chi connectivity index (χ1n) is 9.41. The molecule has 0 radical (unpaired) electrons. The summed E-state index contributed by atoms with van der Waals surface area (Å²) >= 11 is 6.16. The standard InChI is InChI=1S/C22H14ClF3N4O3/c23-15-3-1-2-4-16(15)28-20(27-14-9-10-17-18(11-14)33-21(32)29-17)30-19(31)12-5-7-13(8-6-12)22(24,25)26/h1-11H,(H,29,32)(H2,27,28,30,31). The number of rotatable bonds is 3. The van der Waals surface area contributed by atoms with Gasteiger partial charge < -0.3 is 9.73 Å². The Balaban J connectivity index is 1.64. The number of fused-ring (bicyclic) bond motifs is 1. The summed E-state index contributed by atoms with van der Waals surface area (Å²) in [6.45, 7) is 0. The quantitative estimate of drug-likeness (QED) is 0.276. The fraction of sp³-hybridized carbons (Fsp3) is 0.0455. The largest absolute Gasteiger partial charge is 0.417 e. The van der Waals surface area contributed by atoms with Gasteiger partial charge in [-0.15, -0.1) is 0 Å². The Kier molecular flexibility index (Phi) is 5.93. The van der Waals surface area contributed by atoms with E-state index in [1.807, 2.05) is 0 Å². The van der Waals surface area contributed by atoms with Crippen molar-refractivity contribution in [3.05, 3.63) is 93.4 Å². The number of alkyl halides is 3. The van der Waals surface area contributed by atoms with Gasteiger partial charge in [0.05, 0.1) is 21.8 Å². The van der Waals surface area contributed by atoms with Gasteiger partial charge in [0.25, 0.3) is 5.91 Å². The fourth-order valence-electron chi connectivity index (χ4n) is 2.90. The van der Waals surface area contributed by atoms with Gasteiger partial charge in [-0.25, -0.2) is 9.79 Å². The number of halogens is 4. The van der Waals surface area contributed by atoms with Crippen molar-refractivity contribution in [3.63, 3.8) is 0 Å². The van der Waals surface area contributed by atoms with Crippen LogP contribution in [0, 0.1) is 0 Å². The van der Waals surface area contributed by atoms with Crippen molar-refractivity contribution in [2.45, 2.75) is 6.18 Å². The summed E-state index contributed by atoms with van der Waals surface area (Å²) in [4.78, 5) is 30.9. The number of amides is 1. The number of H-pyrrole nitrogens is 1. The highest BCUT2D eigenvalue weighted by atomic mass is 35.5. The molecule has 7 nitrogen and oxygen atoms in total. The number of benzene rings is 3. The molecule has 1 heterocycles. The third-order valence-electron chi connectivity index (χ3n) is 4.47. The van der Waals surface area contributed by atoms with Gasteiger partial charge in [0, 0.05) is 17.3 Å². The second-order valence-corrected chi connectivity index (χ2v) is 7.20. The monoisotopic (exact) mass is 474 g/mol. The second-order valence-electron chi connectivity index (χ2n) is 6.79. The summed E-state index contributed by atoms with van der Waals surface area (Å²) in [7, 11) is 0. The van der Waals surface area contributed by atoms with Crippen molar-refractivity contribution in [3.8, 4) is 0 Å². The third kappa shape index (κ3) is 5.24. The Morgan fingerprint density at radius 2 is 1.76 bits per heavy atom. The predicted molar refractivity (Wildman–Crippen MR) is 118 cm³/mol. The van der Waals surface area contributed by atoms with E-state index in [2.05, 4.69) is 20.6 Å². The topological polar surface area (TPSA) is 99.5 Å². The number of para-hydroxylation sites is 1. The van der Waals surface area contributed by atoms with Crippen molar-refractivity contribution in [2.24, 2.45) is 4.99 Å².